The average Bonchev–Trinajstić information content (AvgIpc) is 2.99. The number of hydrogen-bond acceptors (Lipinski definition) is 4. The monoisotopic (exact) mass is 563 g/mol. The van der Waals surface area contributed by atoms with E-state index in [2.05, 4.69) is 19.2 Å². The van der Waals surface area contributed by atoms with Crippen LogP contribution in [0.3, 0.4) is 0 Å². The normalized spacial score (nSPS) is 11.3. The van der Waals surface area contributed by atoms with Gasteiger partial charge in [-0.2, -0.15) is 0 Å². The van der Waals surface area contributed by atoms with Gasteiger partial charge in [0.15, 0.2) is 0 Å². The summed E-state index contributed by atoms with van der Waals surface area (Å²) in [5.74, 6) is -0.580. The van der Waals surface area contributed by atoms with Gasteiger partial charge in [0, 0.05) is 30.8 Å². The number of benzene rings is 2. The number of carbonyl (C=O) groups is 2. The second-order valence-electron chi connectivity index (χ2n) is 10.8. The molecule has 0 saturated heterocycles. The molecular weight excluding hydrogens is 514 g/mol. The maximum absolute atomic E-state index is 13.9. The van der Waals surface area contributed by atoms with Crippen molar-refractivity contribution >= 4 is 23.6 Å². The summed E-state index contributed by atoms with van der Waals surface area (Å²) in [5, 5.41) is 14.0. The van der Waals surface area contributed by atoms with E-state index in [4.69, 9.17) is 0 Å². The molecule has 2 rings (SSSR count). The fraction of sp³-hybridized carbons (Fsp3) is 0.529. The van der Waals surface area contributed by atoms with E-state index < -0.39 is 4.92 Å². The topological polar surface area (TPSA) is 92.6 Å². The van der Waals surface area contributed by atoms with E-state index in [0.29, 0.717) is 24.2 Å². The molecule has 0 fully saturated rings. The molecule has 2 aromatic carbocycles. The molecule has 0 unspecified atom stereocenters. The third-order valence-electron chi connectivity index (χ3n) is 7.28. The number of hydrogen-bond donors (Lipinski definition) is 1. The predicted octanol–water partition coefficient (Wildman–Crippen LogP) is 8.70. The molecule has 0 spiro atoms. The molecule has 2 amide bonds. The molecule has 2 aromatic rings. The van der Waals surface area contributed by atoms with Crippen LogP contribution < -0.4 is 5.32 Å². The van der Waals surface area contributed by atoms with Crippen LogP contribution in [-0.4, -0.2) is 34.7 Å². The number of unbranched alkanes of at least 4 members (excludes halogenated alkanes) is 12. The number of carbonyl (C=O) groups excluding carboxylic acids is 2. The summed E-state index contributed by atoms with van der Waals surface area (Å²) in [5.41, 5.74) is 1.22. The Labute approximate surface area is 246 Å². The first-order chi connectivity index (χ1) is 20.0. The standard InChI is InChI=1S/C34H49N3O4/c1-3-5-7-9-11-13-18-26-36(27-19-14-12-10-8-6-4-2)34(39)32(35-33(38)30-20-16-15-17-21-30)28-29-22-24-31(25-23-29)37(40)41/h15-17,20-25,28H,3-14,18-19,26-27H2,1-2H3,(H,35,38). The van der Waals surface area contributed by atoms with Crippen LogP contribution in [0.4, 0.5) is 5.69 Å². The lowest BCUT2D eigenvalue weighted by Crippen LogP contribution is -2.39. The van der Waals surface area contributed by atoms with Crippen molar-refractivity contribution in [3.8, 4) is 0 Å². The first-order valence-corrected chi connectivity index (χ1v) is 15.6. The van der Waals surface area contributed by atoms with Crippen LogP contribution in [0.1, 0.15) is 120 Å². The molecule has 7 heteroatoms. The SMILES string of the molecule is CCCCCCCCCN(CCCCCCCCC)C(=O)C(=Cc1ccc([N+](=O)[O-])cc1)NC(=O)c1ccccc1. The van der Waals surface area contributed by atoms with Gasteiger partial charge >= 0.3 is 0 Å². The summed E-state index contributed by atoms with van der Waals surface area (Å²) in [7, 11) is 0. The van der Waals surface area contributed by atoms with Gasteiger partial charge in [0.05, 0.1) is 4.92 Å². The van der Waals surface area contributed by atoms with E-state index in [1.165, 1.54) is 63.5 Å². The fourth-order valence-electron chi connectivity index (χ4n) is 4.80. The molecule has 0 radical (unpaired) electrons. The Hall–Kier alpha value is -3.48. The van der Waals surface area contributed by atoms with Crippen molar-refractivity contribution in [2.24, 2.45) is 0 Å². The minimum Gasteiger partial charge on any atom is -0.337 e. The summed E-state index contributed by atoms with van der Waals surface area (Å²) in [4.78, 5) is 39.5. The Bertz CT molecular complexity index is 1050. The van der Waals surface area contributed by atoms with Crippen LogP contribution in [0.2, 0.25) is 0 Å². The van der Waals surface area contributed by atoms with E-state index in [9.17, 15) is 19.7 Å². The maximum Gasteiger partial charge on any atom is 0.270 e. The highest BCUT2D eigenvalue weighted by Gasteiger charge is 2.21. The van der Waals surface area contributed by atoms with E-state index in [0.717, 1.165) is 38.5 Å². The minimum absolute atomic E-state index is 0.0251. The van der Waals surface area contributed by atoms with Crippen molar-refractivity contribution in [1.82, 2.24) is 10.2 Å². The summed E-state index contributed by atoms with van der Waals surface area (Å²) in [6.07, 6.45) is 17.9. The van der Waals surface area contributed by atoms with Crippen molar-refractivity contribution in [3.05, 3.63) is 81.5 Å². The predicted molar refractivity (Wildman–Crippen MR) is 168 cm³/mol. The van der Waals surface area contributed by atoms with Crippen LogP contribution in [0.25, 0.3) is 6.08 Å². The van der Waals surface area contributed by atoms with Crippen molar-refractivity contribution in [2.75, 3.05) is 13.1 Å². The lowest BCUT2D eigenvalue weighted by Gasteiger charge is -2.24. The number of nitrogens with zero attached hydrogens (tertiary/aromatic N) is 2. The molecule has 41 heavy (non-hydrogen) atoms. The number of rotatable bonds is 21. The number of nitro benzene ring substituents is 1. The maximum atomic E-state index is 13.9. The molecule has 0 aliphatic rings. The van der Waals surface area contributed by atoms with Gasteiger partial charge in [-0.3, -0.25) is 19.7 Å². The first kappa shape index (κ1) is 33.7. The van der Waals surface area contributed by atoms with Crippen molar-refractivity contribution in [1.29, 1.82) is 0 Å². The minimum atomic E-state index is -0.455. The summed E-state index contributed by atoms with van der Waals surface area (Å²) in [6, 6.07) is 14.8. The van der Waals surface area contributed by atoms with E-state index in [-0.39, 0.29) is 23.2 Å². The van der Waals surface area contributed by atoms with Gasteiger partial charge in [0.2, 0.25) is 0 Å². The molecule has 0 aliphatic heterocycles. The molecule has 0 atom stereocenters. The van der Waals surface area contributed by atoms with Gasteiger partial charge < -0.3 is 10.2 Å². The molecule has 0 heterocycles. The Morgan fingerprint density at radius 1 is 0.732 bits per heavy atom. The van der Waals surface area contributed by atoms with Crippen LogP contribution in [0, 0.1) is 10.1 Å². The van der Waals surface area contributed by atoms with Crippen molar-refractivity contribution < 1.29 is 14.5 Å². The fourth-order valence-corrected chi connectivity index (χ4v) is 4.80. The quantitative estimate of drug-likeness (QED) is 0.0711. The van der Waals surface area contributed by atoms with Crippen molar-refractivity contribution in [3.63, 3.8) is 0 Å². The van der Waals surface area contributed by atoms with E-state index >= 15 is 0 Å². The molecule has 0 saturated carbocycles. The summed E-state index contributed by atoms with van der Waals surface area (Å²) < 4.78 is 0. The molecular formula is C34H49N3O4. The second kappa shape index (κ2) is 20.4. The zero-order valence-electron chi connectivity index (χ0n) is 25.1. The Morgan fingerprint density at radius 3 is 1.71 bits per heavy atom. The van der Waals surface area contributed by atoms with Gasteiger partial charge in [-0.25, -0.2) is 0 Å². The highest BCUT2D eigenvalue weighted by Crippen LogP contribution is 2.17. The molecule has 0 bridgehead atoms. The second-order valence-corrected chi connectivity index (χ2v) is 10.8. The first-order valence-electron chi connectivity index (χ1n) is 15.6. The van der Waals surface area contributed by atoms with E-state index in [1.807, 2.05) is 11.0 Å². The van der Waals surface area contributed by atoms with Gasteiger partial charge in [0.1, 0.15) is 5.70 Å². The Balaban J connectivity index is 2.19. The molecule has 7 nitrogen and oxygen atoms in total. The molecule has 0 aliphatic carbocycles. The zero-order chi connectivity index (χ0) is 29.7. The van der Waals surface area contributed by atoms with Gasteiger partial charge in [-0.15, -0.1) is 0 Å². The zero-order valence-corrected chi connectivity index (χ0v) is 25.1. The number of amides is 2. The third kappa shape index (κ3) is 13.6. The highest BCUT2D eigenvalue weighted by molar-refractivity contribution is 6.05. The lowest BCUT2D eigenvalue weighted by atomic mass is 10.1. The van der Waals surface area contributed by atoms with Crippen LogP contribution in [0.5, 0.6) is 0 Å². The molecule has 1 N–H and O–H groups in total. The number of non-ortho nitro benzene ring substituents is 1. The largest absolute Gasteiger partial charge is 0.337 e. The van der Waals surface area contributed by atoms with Gasteiger partial charge in [-0.05, 0) is 48.7 Å². The lowest BCUT2D eigenvalue weighted by molar-refractivity contribution is -0.384. The van der Waals surface area contributed by atoms with Crippen LogP contribution in [0.15, 0.2) is 60.3 Å². The smallest absolute Gasteiger partial charge is 0.270 e. The van der Waals surface area contributed by atoms with Gasteiger partial charge in [-0.1, -0.05) is 109 Å². The Kier molecular flexibility index (Phi) is 16.8. The average molecular weight is 564 g/mol. The van der Waals surface area contributed by atoms with Crippen LogP contribution in [-0.2, 0) is 4.79 Å². The highest BCUT2D eigenvalue weighted by atomic mass is 16.6. The van der Waals surface area contributed by atoms with Gasteiger partial charge in [0.25, 0.3) is 17.5 Å². The Morgan fingerprint density at radius 2 is 1.22 bits per heavy atom. The number of nitrogens with one attached hydrogen (secondary N) is 1. The number of nitro groups is 1. The summed E-state index contributed by atoms with van der Waals surface area (Å²) >= 11 is 0. The molecule has 0 aromatic heterocycles. The summed E-state index contributed by atoms with van der Waals surface area (Å²) in [6.45, 7) is 5.71. The van der Waals surface area contributed by atoms with Crippen molar-refractivity contribution in [2.45, 2.75) is 104 Å². The third-order valence-corrected chi connectivity index (χ3v) is 7.28. The molecule has 224 valence electrons. The van der Waals surface area contributed by atoms with Crippen LogP contribution >= 0.6 is 0 Å². The van der Waals surface area contributed by atoms with E-state index in [1.54, 1.807) is 42.5 Å².